The summed E-state index contributed by atoms with van der Waals surface area (Å²) in [6.45, 7) is 3.30. The molecule has 1 saturated heterocycles. The normalized spacial score (nSPS) is 24.8. The summed E-state index contributed by atoms with van der Waals surface area (Å²) in [6, 6.07) is 6.46. The molecular formula is C19H29N3O3S. The van der Waals surface area contributed by atoms with E-state index in [9.17, 15) is 13.2 Å². The summed E-state index contributed by atoms with van der Waals surface area (Å²) in [5.74, 6) is 0.473. The number of anilines is 1. The molecule has 2 atom stereocenters. The maximum atomic E-state index is 12.8. The summed E-state index contributed by atoms with van der Waals surface area (Å²) in [6.07, 6.45) is 7.37. The largest absolute Gasteiger partial charge is 0.335 e. The minimum absolute atomic E-state index is 0.184. The van der Waals surface area contributed by atoms with Crippen molar-refractivity contribution >= 4 is 21.7 Å². The van der Waals surface area contributed by atoms with Gasteiger partial charge in [0.05, 0.1) is 4.90 Å². The van der Waals surface area contributed by atoms with Crippen LogP contribution in [0.3, 0.4) is 0 Å². The van der Waals surface area contributed by atoms with Crippen LogP contribution in [0.1, 0.15) is 51.9 Å². The number of carbonyl (C=O) groups is 1. The lowest BCUT2D eigenvalue weighted by Gasteiger charge is -2.29. The van der Waals surface area contributed by atoms with Gasteiger partial charge >= 0.3 is 6.03 Å². The number of sulfonamides is 1. The Labute approximate surface area is 156 Å². The van der Waals surface area contributed by atoms with Crippen molar-refractivity contribution in [1.29, 1.82) is 0 Å². The molecule has 2 aliphatic rings. The number of hydrogen-bond acceptors (Lipinski definition) is 3. The second-order valence-electron chi connectivity index (χ2n) is 7.46. The molecular weight excluding hydrogens is 350 g/mol. The smallest absolute Gasteiger partial charge is 0.319 e. The zero-order valence-corrected chi connectivity index (χ0v) is 16.2. The van der Waals surface area contributed by atoms with Crippen molar-refractivity contribution in [2.75, 3.05) is 18.4 Å². The van der Waals surface area contributed by atoms with E-state index in [1.165, 1.54) is 6.42 Å². The zero-order valence-electron chi connectivity index (χ0n) is 15.4. The molecule has 1 aromatic carbocycles. The molecule has 0 aromatic heterocycles. The highest BCUT2D eigenvalue weighted by atomic mass is 32.2. The lowest BCUT2D eigenvalue weighted by atomic mass is 9.86. The van der Waals surface area contributed by atoms with Crippen LogP contribution in [0.4, 0.5) is 10.5 Å². The van der Waals surface area contributed by atoms with Gasteiger partial charge in [-0.3, -0.25) is 0 Å². The van der Waals surface area contributed by atoms with Crippen LogP contribution in [0.15, 0.2) is 29.2 Å². The number of carbonyl (C=O) groups excluding carboxylic acids is 1. The molecule has 1 heterocycles. The van der Waals surface area contributed by atoms with Crippen LogP contribution in [0.2, 0.25) is 0 Å². The number of amides is 2. The Bertz CT molecular complexity index is 729. The van der Waals surface area contributed by atoms with E-state index in [4.69, 9.17) is 0 Å². The molecule has 2 amide bonds. The summed E-state index contributed by atoms with van der Waals surface area (Å²) in [5.41, 5.74) is 0.504. The summed E-state index contributed by atoms with van der Waals surface area (Å²) in [4.78, 5) is 12.5. The van der Waals surface area contributed by atoms with Crippen LogP contribution in [-0.4, -0.2) is 37.9 Å². The average molecular weight is 380 g/mol. The Morgan fingerprint density at radius 1 is 1.08 bits per heavy atom. The number of urea groups is 1. The van der Waals surface area contributed by atoms with Gasteiger partial charge in [0, 0.05) is 24.8 Å². The third kappa shape index (κ3) is 4.57. The molecule has 144 valence electrons. The highest BCUT2D eigenvalue weighted by Gasteiger charge is 2.26. The molecule has 2 N–H and O–H groups in total. The predicted octanol–water partition coefficient (Wildman–Crippen LogP) is 3.56. The van der Waals surface area contributed by atoms with E-state index in [0.717, 1.165) is 38.5 Å². The fourth-order valence-corrected chi connectivity index (χ4v) is 5.42. The first-order valence-corrected chi connectivity index (χ1v) is 11.1. The monoisotopic (exact) mass is 379 g/mol. The summed E-state index contributed by atoms with van der Waals surface area (Å²) in [5, 5.41) is 5.82. The van der Waals surface area contributed by atoms with E-state index in [1.54, 1.807) is 28.6 Å². The number of hydrogen-bond donors (Lipinski definition) is 2. The van der Waals surface area contributed by atoms with Crippen molar-refractivity contribution in [3.8, 4) is 0 Å². The van der Waals surface area contributed by atoms with E-state index in [2.05, 4.69) is 17.6 Å². The molecule has 3 rings (SSSR count). The van der Waals surface area contributed by atoms with Crippen LogP contribution < -0.4 is 10.6 Å². The van der Waals surface area contributed by atoms with Gasteiger partial charge < -0.3 is 10.6 Å². The maximum absolute atomic E-state index is 12.8. The van der Waals surface area contributed by atoms with Gasteiger partial charge in [-0.05, 0) is 49.8 Å². The lowest BCUT2D eigenvalue weighted by Crippen LogP contribution is -2.43. The van der Waals surface area contributed by atoms with E-state index >= 15 is 0 Å². The third-order valence-corrected chi connectivity index (χ3v) is 7.37. The van der Waals surface area contributed by atoms with Crippen LogP contribution in [0.25, 0.3) is 0 Å². The first kappa shape index (κ1) is 19.2. The topological polar surface area (TPSA) is 78.5 Å². The molecule has 1 aliphatic carbocycles. The molecule has 1 aliphatic heterocycles. The number of nitrogens with one attached hydrogen (secondary N) is 2. The van der Waals surface area contributed by atoms with Crippen molar-refractivity contribution in [2.45, 2.75) is 62.8 Å². The maximum Gasteiger partial charge on any atom is 0.319 e. The molecule has 0 bridgehead atoms. The van der Waals surface area contributed by atoms with E-state index in [-0.39, 0.29) is 17.0 Å². The Balaban J connectivity index is 1.66. The molecule has 1 aromatic rings. The fraction of sp³-hybridized carbons (Fsp3) is 0.632. The van der Waals surface area contributed by atoms with Gasteiger partial charge in [-0.25, -0.2) is 13.2 Å². The highest BCUT2D eigenvalue weighted by molar-refractivity contribution is 7.89. The fourth-order valence-electron chi connectivity index (χ4n) is 3.85. The molecule has 2 fully saturated rings. The van der Waals surface area contributed by atoms with Crippen molar-refractivity contribution in [3.63, 3.8) is 0 Å². The zero-order chi connectivity index (χ0) is 18.6. The van der Waals surface area contributed by atoms with Crippen LogP contribution in [-0.2, 0) is 10.0 Å². The third-order valence-electron chi connectivity index (χ3n) is 5.47. The van der Waals surface area contributed by atoms with Gasteiger partial charge in [-0.15, -0.1) is 0 Å². The lowest BCUT2D eigenvalue weighted by molar-refractivity contribution is 0.232. The van der Waals surface area contributed by atoms with Gasteiger partial charge in [-0.2, -0.15) is 4.31 Å². The van der Waals surface area contributed by atoms with Crippen molar-refractivity contribution < 1.29 is 13.2 Å². The van der Waals surface area contributed by atoms with Gasteiger partial charge in [0.1, 0.15) is 0 Å². The van der Waals surface area contributed by atoms with E-state index in [0.29, 0.717) is 24.7 Å². The minimum atomic E-state index is -3.49. The first-order valence-electron chi connectivity index (χ1n) is 9.64. The van der Waals surface area contributed by atoms with E-state index in [1.807, 2.05) is 0 Å². The Kier molecular flexibility index (Phi) is 6.19. The Morgan fingerprint density at radius 3 is 2.54 bits per heavy atom. The van der Waals surface area contributed by atoms with Crippen molar-refractivity contribution in [1.82, 2.24) is 9.62 Å². The molecule has 1 saturated carbocycles. The van der Waals surface area contributed by atoms with Gasteiger partial charge in [0.25, 0.3) is 0 Å². The highest BCUT2D eigenvalue weighted by Crippen LogP contribution is 2.25. The Morgan fingerprint density at radius 2 is 1.81 bits per heavy atom. The van der Waals surface area contributed by atoms with Crippen molar-refractivity contribution in [3.05, 3.63) is 24.3 Å². The summed E-state index contributed by atoms with van der Waals surface area (Å²) in [7, 11) is -3.49. The molecule has 7 heteroatoms. The van der Waals surface area contributed by atoms with Crippen molar-refractivity contribution in [2.24, 2.45) is 5.92 Å². The van der Waals surface area contributed by atoms with Gasteiger partial charge in [0.2, 0.25) is 10.0 Å². The van der Waals surface area contributed by atoms with Crippen LogP contribution >= 0.6 is 0 Å². The van der Waals surface area contributed by atoms with Gasteiger partial charge in [0.15, 0.2) is 0 Å². The number of nitrogens with zero attached hydrogens (tertiary/aromatic N) is 1. The molecule has 0 radical (unpaired) electrons. The standard InChI is InChI=1S/C19H29N3O3S/c1-15-8-3-4-11-18(15)21-19(23)20-16-9-7-10-17(14-16)26(24,25)22-12-5-2-6-13-22/h7,9-10,14-15,18H,2-6,8,11-13H2,1H3,(H2,20,21,23). The van der Waals surface area contributed by atoms with E-state index < -0.39 is 10.0 Å². The quantitative estimate of drug-likeness (QED) is 0.839. The van der Waals surface area contributed by atoms with Crippen LogP contribution in [0, 0.1) is 5.92 Å². The second-order valence-corrected chi connectivity index (χ2v) is 9.40. The summed E-state index contributed by atoms with van der Waals surface area (Å²) < 4.78 is 27.1. The molecule has 2 unspecified atom stereocenters. The number of benzene rings is 1. The van der Waals surface area contributed by atoms with Gasteiger partial charge in [-0.1, -0.05) is 32.3 Å². The molecule has 26 heavy (non-hydrogen) atoms. The number of piperidine rings is 1. The molecule has 6 nitrogen and oxygen atoms in total. The second kappa shape index (κ2) is 8.39. The molecule has 0 spiro atoms. The average Bonchev–Trinajstić information content (AvgIpc) is 2.64. The van der Waals surface area contributed by atoms with Crippen LogP contribution in [0.5, 0.6) is 0 Å². The Hall–Kier alpha value is -1.60. The number of rotatable bonds is 4. The first-order chi connectivity index (χ1) is 12.5. The minimum Gasteiger partial charge on any atom is -0.335 e. The predicted molar refractivity (Wildman–Crippen MR) is 103 cm³/mol. The summed E-state index contributed by atoms with van der Waals surface area (Å²) >= 11 is 0. The SMILES string of the molecule is CC1CCCCC1NC(=O)Nc1cccc(S(=O)(=O)N2CCCCC2)c1.